The van der Waals surface area contributed by atoms with Crippen LogP contribution in [0.15, 0.2) is 42.7 Å². The minimum absolute atomic E-state index is 0.458. The molecule has 0 saturated carbocycles. The fourth-order valence-electron chi connectivity index (χ4n) is 3.37. The van der Waals surface area contributed by atoms with Gasteiger partial charge in [-0.25, -0.2) is 0 Å². The van der Waals surface area contributed by atoms with Crippen LogP contribution in [0.2, 0.25) is 10.5 Å². The van der Waals surface area contributed by atoms with E-state index in [9.17, 15) is 0 Å². The van der Waals surface area contributed by atoms with E-state index in [1.54, 1.807) is 0 Å². The Kier molecular flexibility index (Phi) is 7.54. The molecule has 1 aliphatic heterocycles. The Balaban J connectivity index is 2.35. The molecule has 1 aliphatic rings. The van der Waals surface area contributed by atoms with Crippen LogP contribution in [0.25, 0.3) is 0 Å². The van der Waals surface area contributed by atoms with Gasteiger partial charge in [-0.2, -0.15) is 0 Å². The number of rotatable bonds is 7. The fraction of sp³-hybridized carbons (Fsp3) is 0.579. The number of hydrogen-bond donors (Lipinski definition) is 0. The number of benzene rings is 1. The summed E-state index contributed by atoms with van der Waals surface area (Å²) in [6, 6.07) is 10.9. The molecule has 1 aromatic rings. The van der Waals surface area contributed by atoms with Crippen molar-refractivity contribution in [3.63, 3.8) is 0 Å². The molecule has 0 saturated heterocycles. The van der Waals surface area contributed by atoms with Gasteiger partial charge in [-0.05, 0) is 0 Å². The van der Waals surface area contributed by atoms with Crippen LogP contribution in [0, 0.1) is 0 Å². The van der Waals surface area contributed by atoms with Crippen LogP contribution in [0.5, 0.6) is 0 Å². The van der Waals surface area contributed by atoms with Gasteiger partial charge in [0.05, 0.1) is 0 Å². The first-order valence-corrected chi connectivity index (χ1v) is 13.8. The summed E-state index contributed by atoms with van der Waals surface area (Å²) in [5.74, 6) is 0. The zero-order valence-corrected chi connectivity index (χ0v) is 16.2. The van der Waals surface area contributed by atoms with Crippen molar-refractivity contribution in [3.8, 4) is 0 Å². The molecule has 122 valence electrons. The molecular weight excluding hydrogens is 333 g/mol. The van der Waals surface area contributed by atoms with Crippen molar-refractivity contribution >= 4 is 13.6 Å². The van der Waals surface area contributed by atoms with E-state index in [1.807, 2.05) is 6.26 Å². The van der Waals surface area contributed by atoms with Crippen molar-refractivity contribution in [3.05, 3.63) is 48.2 Å². The van der Waals surface area contributed by atoms with Gasteiger partial charge in [0.2, 0.25) is 0 Å². The van der Waals surface area contributed by atoms with Gasteiger partial charge in [0, 0.05) is 0 Å². The second-order valence-corrected chi connectivity index (χ2v) is 14.7. The first kappa shape index (κ1) is 17.6. The molecule has 1 atom stereocenters. The molecular formula is C19H30GeO2. The number of allylic oxidation sites excluding steroid dienone is 1. The van der Waals surface area contributed by atoms with Crippen molar-refractivity contribution < 1.29 is 8.50 Å². The van der Waals surface area contributed by atoms with Crippen LogP contribution in [-0.4, -0.2) is 26.8 Å². The van der Waals surface area contributed by atoms with E-state index in [4.69, 9.17) is 8.50 Å². The summed E-state index contributed by atoms with van der Waals surface area (Å²) >= 11 is -2.46. The second-order valence-electron chi connectivity index (χ2n) is 6.21. The van der Waals surface area contributed by atoms with E-state index in [-0.39, 0.29) is 0 Å². The summed E-state index contributed by atoms with van der Waals surface area (Å²) in [7, 11) is 0. The van der Waals surface area contributed by atoms with Crippen LogP contribution in [0.1, 0.15) is 49.8 Å². The molecule has 0 fully saturated rings. The molecule has 0 aliphatic carbocycles. The van der Waals surface area contributed by atoms with E-state index in [1.165, 1.54) is 41.8 Å². The Morgan fingerprint density at radius 1 is 1.00 bits per heavy atom. The Hall–Kier alpha value is -0.737. The number of unbranched alkanes of at least 4 members (excludes halogenated alkanes) is 2. The van der Waals surface area contributed by atoms with Gasteiger partial charge < -0.3 is 0 Å². The van der Waals surface area contributed by atoms with Crippen LogP contribution in [0.4, 0.5) is 0 Å². The van der Waals surface area contributed by atoms with Crippen LogP contribution in [-0.2, 0) is 8.50 Å². The Bertz CT molecular complexity index is 436. The summed E-state index contributed by atoms with van der Waals surface area (Å²) in [5, 5.41) is 2.61. The monoisotopic (exact) mass is 364 g/mol. The van der Waals surface area contributed by atoms with Crippen molar-refractivity contribution in [2.24, 2.45) is 0 Å². The quantitative estimate of drug-likeness (QED) is 0.603. The van der Waals surface area contributed by atoms with Crippen LogP contribution >= 0.6 is 0 Å². The third kappa shape index (κ3) is 4.63. The van der Waals surface area contributed by atoms with Gasteiger partial charge in [-0.1, -0.05) is 0 Å². The average Bonchev–Trinajstić information content (AvgIpc) is 2.54. The fourth-order valence-corrected chi connectivity index (χ4v) is 13.8. The summed E-state index contributed by atoms with van der Waals surface area (Å²) in [5.41, 5.74) is 1.41. The second kappa shape index (κ2) is 9.41. The maximum atomic E-state index is 6.65. The number of hydrogen-bond acceptors (Lipinski definition) is 2. The predicted molar refractivity (Wildman–Crippen MR) is 95.4 cm³/mol. The third-order valence-electron chi connectivity index (χ3n) is 4.59. The molecule has 0 bridgehead atoms. The van der Waals surface area contributed by atoms with Gasteiger partial charge in [0.1, 0.15) is 0 Å². The van der Waals surface area contributed by atoms with E-state index in [2.05, 4.69) is 50.3 Å². The Morgan fingerprint density at radius 3 is 2.32 bits per heavy atom. The van der Waals surface area contributed by atoms with E-state index < -0.39 is 13.6 Å². The molecule has 0 radical (unpaired) electrons. The number of ether oxygens (including phenoxy) is 1. The Labute approximate surface area is 138 Å². The van der Waals surface area contributed by atoms with Crippen LogP contribution in [0.3, 0.4) is 0 Å². The molecule has 22 heavy (non-hydrogen) atoms. The van der Waals surface area contributed by atoms with Crippen molar-refractivity contribution in [1.82, 2.24) is 0 Å². The standard InChI is InChI=1S/C19H30GeO2/c1-3-5-13-20(14-6-4-2)19(12-15-21-16-17-22-20)18-10-8-7-9-11-18/h7-12,15,19H,3-6,13-14,16-17H2,1-2H3/b15-12-. The summed E-state index contributed by atoms with van der Waals surface area (Å²) < 4.78 is 12.7. The molecule has 2 nitrogen and oxygen atoms in total. The van der Waals surface area contributed by atoms with Crippen LogP contribution < -0.4 is 0 Å². The predicted octanol–water partition coefficient (Wildman–Crippen LogP) is 5.42. The van der Waals surface area contributed by atoms with Gasteiger partial charge >= 0.3 is 138 Å². The molecule has 2 rings (SSSR count). The van der Waals surface area contributed by atoms with Crippen molar-refractivity contribution in [1.29, 1.82) is 0 Å². The first-order chi connectivity index (χ1) is 10.8. The van der Waals surface area contributed by atoms with E-state index in [0.717, 1.165) is 6.61 Å². The average molecular weight is 363 g/mol. The third-order valence-corrected chi connectivity index (χ3v) is 14.7. The van der Waals surface area contributed by atoms with Gasteiger partial charge in [-0.15, -0.1) is 0 Å². The van der Waals surface area contributed by atoms with Gasteiger partial charge in [0.15, 0.2) is 0 Å². The van der Waals surface area contributed by atoms with E-state index >= 15 is 0 Å². The molecule has 0 amide bonds. The molecule has 1 heterocycles. The Morgan fingerprint density at radius 2 is 1.68 bits per heavy atom. The maximum absolute atomic E-state index is 6.65. The first-order valence-electron chi connectivity index (χ1n) is 8.79. The zero-order chi connectivity index (χ0) is 15.7. The SMILES string of the molecule is CCC[CH2][Ge]1([CH2]CCC)[O]CCO/C=C\[CH]1c1ccccc1. The van der Waals surface area contributed by atoms with Gasteiger partial charge in [0.25, 0.3) is 0 Å². The van der Waals surface area contributed by atoms with Crippen molar-refractivity contribution in [2.45, 2.75) is 54.8 Å². The van der Waals surface area contributed by atoms with Gasteiger partial charge in [-0.3, -0.25) is 0 Å². The van der Waals surface area contributed by atoms with Crippen molar-refractivity contribution in [2.75, 3.05) is 13.2 Å². The zero-order valence-electron chi connectivity index (χ0n) is 14.1. The molecule has 0 aromatic heterocycles. The summed E-state index contributed by atoms with van der Waals surface area (Å²) in [4.78, 5) is 0. The summed E-state index contributed by atoms with van der Waals surface area (Å²) in [6.07, 6.45) is 9.32. The molecule has 0 N–H and O–H groups in total. The normalized spacial score (nSPS) is 22.4. The topological polar surface area (TPSA) is 18.5 Å². The molecule has 1 aromatic carbocycles. The summed E-state index contributed by atoms with van der Waals surface area (Å²) in [6.45, 7) is 6.04. The molecule has 0 spiro atoms. The minimum atomic E-state index is -2.46. The van der Waals surface area contributed by atoms with E-state index in [0.29, 0.717) is 11.4 Å². The molecule has 1 unspecified atom stereocenters. The molecule has 3 heteroatoms.